The summed E-state index contributed by atoms with van der Waals surface area (Å²) >= 11 is 0. The van der Waals surface area contributed by atoms with Crippen LogP contribution in [0.1, 0.15) is 33.1 Å². The zero-order chi connectivity index (χ0) is 12.9. The fraction of sp³-hybridized carbons (Fsp3) is 0.538. The van der Waals surface area contributed by atoms with Crippen molar-refractivity contribution in [3.05, 3.63) is 24.3 Å². The zero-order valence-electron chi connectivity index (χ0n) is 10.5. The first-order valence-corrected chi connectivity index (χ1v) is 5.74. The molecule has 0 radical (unpaired) electrons. The first-order chi connectivity index (χ1) is 8.20. The van der Waals surface area contributed by atoms with Crippen LogP contribution in [0.3, 0.4) is 0 Å². The molecule has 0 aliphatic heterocycles. The van der Waals surface area contributed by atoms with Gasteiger partial charge in [0.1, 0.15) is 13.2 Å². The van der Waals surface area contributed by atoms with Crippen LogP contribution in [0.4, 0.5) is 0 Å². The highest BCUT2D eigenvalue weighted by atomic mass is 16.5. The maximum Gasteiger partial charge on any atom is 0.306 e. The number of hydrogen-bond acceptors (Lipinski definition) is 4. The van der Waals surface area contributed by atoms with E-state index in [1.165, 1.54) is 0 Å². The Morgan fingerprint density at radius 1 is 0.882 bits per heavy atom. The predicted molar refractivity (Wildman–Crippen MR) is 65.4 cm³/mol. The Kier molecular flexibility index (Phi) is 9.91. The van der Waals surface area contributed by atoms with Crippen molar-refractivity contribution in [2.75, 3.05) is 13.2 Å². The summed E-state index contributed by atoms with van der Waals surface area (Å²) in [5.41, 5.74) is 0. The third-order valence-electron chi connectivity index (χ3n) is 1.91. The van der Waals surface area contributed by atoms with E-state index in [2.05, 4.69) is 0 Å². The van der Waals surface area contributed by atoms with Gasteiger partial charge in [0.15, 0.2) is 0 Å². The van der Waals surface area contributed by atoms with Crippen molar-refractivity contribution >= 4 is 11.9 Å². The van der Waals surface area contributed by atoms with E-state index in [1.54, 1.807) is 12.2 Å². The lowest BCUT2D eigenvalue weighted by atomic mass is 10.2. The van der Waals surface area contributed by atoms with Crippen LogP contribution < -0.4 is 0 Å². The topological polar surface area (TPSA) is 52.6 Å². The molecule has 0 aliphatic rings. The van der Waals surface area contributed by atoms with Gasteiger partial charge in [0, 0.05) is 12.8 Å². The average Bonchev–Trinajstić information content (AvgIpc) is 2.30. The number of hydrogen-bond donors (Lipinski definition) is 0. The van der Waals surface area contributed by atoms with Crippen molar-refractivity contribution < 1.29 is 19.1 Å². The molecule has 0 aromatic carbocycles. The average molecular weight is 240 g/mol. The molecule has 0 atom stereocenters. The minimum atomic E-state index is -0.288. The zero-order valence-corrected chi connectivity index (χ0v) is 10.5. The fourth-order valence-electron chi connectivity index (χ4n) is 0.996. The van der Waals surface area contributed by atoms with Crippen LogP contribution in [-0.4, -0.2) is 25.2 Å². The van der Waals surface area contributed by atoms with Crippen LogP contribution in [0.2, 0.25) is 0 Å². The highest BCUT2D eigenvalue weighted by Crippen LogP contribution is 2.00. The minimum Gasteiger partial charge on any atom is -0.461 e. The van der Waals surface area contributed by atoms with Crippen LogP contribution in [0, 0.1) is 0 Å². The lowest BCUT2D eigenvalue weighted by Gasteiger charge is -2.02. The lowest BCUT2D eigenvalue weighted by molar-refractivity contribution is -0.144. The Balaban J connectivity index is 3.48. The number of carbonyl (C=O) groups is 2. The predicted octanol–water partition coefficient (Wildman–Crippen LogP) is 2.40. The second-order valence-corrected chi connectivity index (χ2v) is 3.36. The van der Waals surface area contributed by atoms with Gasteiger partial charge in [0.2, 0.25) is 0 Å². The molecular formula is C13H20O4. The van der Waals surface area contributed by atoms with Gasteiger partial charge in [-0.25, -0.2) is 0 Å². The minimum absolute atomic E-state index is 0.246. The molecule has 0 bridgehead atoms. The maximum absolute atomic E-state index is 11.1. The van der Waals surface area contributed by atoms with Crippen LogP contribution in [0.25, 0.3) is 0 Å². The molecule has 0 amide bonds. The molecule has 0 rings (SSSR count). The van der Waals surface area contributed by atoms with Crippen molar-refractivity contribution in [2.45, 2.75) is 33.1 Å². The molecule has 0 unspecified atom stereocenters. The molecule has 0 aliphatic carbocycles. The Labute approximate surface area is 102 Å². The molecule has 0 N–H and O–H groups in total. The van der Waals surface area contributed by atoms with Gasteiger partial charge in [-0.2, -0.15) is 0 Å². The van der Waals surface area contributed by atoms with E-state index >= 15 is 0 Å². The van der Waals surface area contributed by atoms with E-state index in [9.17, 15) is 9.59 Å². The normalized spacial score (nSPS) is 10.9. The number of ether oxygens (including phenoxy) is 2. The van der Waals surface area contributed by atoms with Crippen LogP contribution in [0.15, 0.2) is 24.3 Å². The summed E-state index contributed by atoms with van der Waals surface area (Å²) in [4.78, 5) is 22.3. The van der Waals surface area contributed by atoms with Gasteiger partial charge in [-0.3, -0.25) is 9.59 Å². The summed E-state index contributed by atoms with van der Waals surface area (Å²) in [6.07, 6.45) is 8.08. The van der Waals surface area contributed by atoms with Crippen molar-refractivity contribution in [3.63, 3.8) is 0 Å². The Morgan fingerprint density at radius 2 is 1.29 bits per heavy atom. The monoisotopic (exact) mass is 240 g/mol. The van der Waals surface area contributed by atoms with E-state index in [4.69, 9.17) is 9.47 Å². The lowest BCUT2D eigenvalue weighted by Crippen LogP contribution is -2.08. The summed E-state index contributed by atoms with van der Waals surface area (Å²) in [5.74, 6) is -0.575. The first-order valence-electron chi connectivity index (χ1n) is 5.74. The van der Waals surface area contributed by atoms with Crippen LogP contribution in [0.5, 0.6) is 0 Å². The summed E-state index contributed by atoms with van der Waals surface area (Å²) in [6, 6.07) is 0. The molecule has 0 saturated heterocycles. The number of allylic oxidation sites excluding steroid dienone is 2. The number of esters is 2. The van der Waals surface area contributed by atoms with E-state index < -0.39 is 0 Å². The van der Waals surface area contributed by atoms with E-state index in [0.29, 0.717) is 19.6 Å². The van der Waals surface area contributed by atoms with Crippen molar-refractivity contribution in [1.82, 2.24) is 0 Å². The van der Waals surface area contributed by atoms with Crippen LogP contribution in [-0.2, 0) is 19.1 Å². The Morgan fingerprint density at radius 3 is 1.65 bits per heavy atom. The molecular weight excluding hydrogens is 220 g/mol. The summed E-state index contributed by atoms with van der Waals surface area (Å²) in [7, 11) is 0. The summed E-state index contributed by atoms with van der Waals surface area (Å²) in [6.45, 7) is 4.30. The van der Waals surface area contributed by atoms with Gasteiger partial charge < -0.3 is 9.47 Å². The molecule has 0 aromatic rings. The second-order valence-electron chi connectivity index (χ2n) is 3.36. The molecule has 17 heavy (non-hydrogen) atoms. The van der Waals surface area contributed by atoms with E-state index in [-0.39, 0.29) is 24.8 Å². The molecule has 0 aromatic heterocycles. The Hall–Kier alpha value is -1.58. The van der Waals surface area contributed by atoms with Gasteiger partial charge in [0.05, 0.1) is 0 Å². The molecule has 0 spiro atoms. The third kappa shape index (κ3) is 10.7. The highest BCUT2D eigenvalue weighted by molar-refractivity contribution is 5.72. The SMILES string of the molecule is C/C=C/COC(=O)CCCC(=O)OC/C=C/C. The second kappa shape index (κ2) is 10.9. The summed E-state index contributed by atoms with van der Waals surface area (Å²) in [5, 5.41) is 0. The molecule has 4 heteroatoms. The molecule has 0 heterocycles. The first kappa shape index (κ1) is 15.4. The molecule has 0 saturated carbocycles. The van der Waals surface area contributed by atoms with E-state index in [0.717, 1.165) is 0 Å². The smallest absolute Gasteiger partial charge is 0.306 e. The standard InChI is InChI=1S/C13H20O4/c1-3-5-10-16-12(14)8-7-9-13(15)17-11-6-4-2/h3-6H,7-11H2,1-2H3/b5-3+,6-4+. The Bertz CT molecular complexity index is 251. The number of rotatable bonds is 8. The highest BCUT2D eigenvalue weighted by Gasteiger charge is 2.05. The number of carbonyl (C=O) groups excluding carboxylic acids is 2. The van der Waals surface area contributed by atoms with Gasteiger partial charge in [0.25, 0.3) is 0 Å². The molecule has 4 nitrogen and oxygen atoms in total. The third-order valence-corrected chi connectivity index (χ3v) is 1.91. The van der Waals surface area contributed by atoms with Gasteiger partial charge in [-0.1, -0.05) is 24.3 Å². The molecule has 0 fully saturated rings. The van der Waals surface area contributed by atoms with Crippen molar-refractivity contribution in [2.24, 2.45) is 0 Å². The quantitative estimate of drug-likeness (QED) is 0.483. The van der Waals surface area contributed by atoms with Gasteiger partial charge in [-0.15, -0.1) is 0 Å². The molecule has 96 valence electrons. The maximum atomic E-state index is 11.1. The fourth-order valence-corrected chi connectivity index (χ4v) is 0.996. The van der Waals surface area contributed by atoms with Crippen molar-refractivity contribution in [1.29, 1.82) is 0 Å². The van der Waals surface area contributed by atoms with Crippen LogP contribution >= 0.6 is 0 Å². The van der Waals surface area contributed by atoms with Gasteiger partial charge in [-0.05, 0) is 20.3 Å². The van der Waals surface area contributed by atoms with E-state index in [1.807, 2.05) is 26.0 Å². The largest absolute Gasteiger partial charge is 0.461 e. The van der Waals surface area contributed by atoms with Crippen molar-refractivity contribution in [3.8, 4) is 0 Å². The summed E-state index contributed by atoms with van der Waals surface area (Å²) < 4.78 is 9.75. The van der Waals surface area contributed by atoms with Gasteiger partial charge >= 0.3 is 11.9 Å².